The van der Waals surface area contributed by atoms with Crippen molar-refractivity contribution >= 4 is 17.2 Å². The summed E-state index contributed by atoms with van der Waals surface area (Å²) in [5, 5.41) is 24.5. The first-order valence-electron chi connectivity index (χ1n) is 9.64. The van der Waals surface area contributed by atoms with E-state index in [0.717, 1.165) is 0 Å². The maximum Gasteiger partial charge on any atom is 0.166 e. The zero-order chi connectivity index (χ0) is 22.5. The van der Waals surface area contributed by atoms with Crippen molar-refractivity contribution < 1.29 is 9.13 Å². The van der Waals surface area contributed by atoms with E-state index >= 15 is 0 Å². The average Bonchev–Trinajstić information content (AvgIpc) is 2.76. The van der Waals surface area contributed by atoms with Crippen LogP contribution >= 0.6 is 0 Å². The minimum Gasteiger partial charge on any atom is -0.482 e. The van der Waals surface area contributed by atoms with Gasteiger partial charge in [-0.15, -0.1) is 0 Å². The van der Waals surface area contributed by atoms with Crippen LogP contribution in [0.5, 0.6) is 5.75 Å². The molecule has 0 amide bonds. The Morgan fingerprint density at radius 2 is 2.26 bits per heavy atom. The highest BCUT2D eigenvalue weighted by molar-refractivity contribution is 6.12. The zero-order valence-corrected chi connectivity index (χ0v) is 17.3. The number of halogens is 1. The van der Waals surface area contributed by atoms with Crippen molar-refractivity contribution in [1.29, 1.82) is 10.7 Å². The van der Waals surface area contributed by atoms with Gasteiger partial charge in [-0.1, -0.05) is 0 Å². The number of anilines is 1. The fraction of sp³-hybridized carbons (Fsp3) is 0.227. The van der Waals surface area contributed by atoms with Crippen molar-refractivity contribution in [2.75, 3.05) is 25.9 Å². The summed E-state index contributed by atoms with van der Waals surface area (Å²) in [4.78, 5) is 4.19. The van der Waals surface area contributed by atoms with Crippen LogP contribution in [-0.4, -0.2) is 30.8 Å². The molecule has 1 aromatic carbocycles. The number of hydrogen-bond acceptors (Lipinski definition) is 8. The van der Waals surface area contributed by atoms with Gasteiger partial charge in [0.1, 0.15) is 11.9 Å². The molecule has 0 radical (unpaired) electrons. The summed E-state index contributed by atoms with van der Waals surface area (Å²) >= 11 is 0. The molecule has 2 aromatic rings. The Hall–Kier alpha value is -3.90. The lowest BCUT2D eigenvalue weighted by molar-refractivity contribution is 0.227. The summed E-state index contributed by atoms with van der Waals surface area (Å²) in [7, 11) is 1.72. The lowest BCUT2D eigenvalue weighted by Gasteiger charge is -2.23. The van der Waals surface area contributed by atoms with Gasteiger partial charge in [0.25, 0.3) is 0 Å². The highest BCUT2D eigenvalue weighted by Gasteiger charge is 2.22. The Balaban J connectivity index is 2.26. The van der Waals surface area contributed by atoms with E-state index in [2.05, 4.69) is 21.7 Å². The molecule has 0 aliphatic carbocycles. The maximum absolute atomic E-state index is 14.1. The number of hydrogen-bond donors (Lipinski definition) is 5. The molecule has 0 spiro atoms. The summed E-state index contributed by atoms with van der Waals surface area (Å²) < 4.78 is 20.1. The number of aromatic nitrogens is 1. The molecule has 31 heavy (non-hydrogen) atoms. The van der Waals surface area contributed by atoms with Crippen LogP contribution in [0.3, 0.4) is 0 Å². The highest BCUT2D eigenvalue weighted by Crippen LogP contribution is 2.32. The molecule has 2 heterocycles. The number of nitrogens with one attached hydrogen (secondary N) is 3. The van der Waals surface area contributed by atoms with Crippen LogP contribution in [0, 0.1) is 22.6 Å². The van der Waals surface area contributed by atoms with E-state index in [9.17, 15) is 9.65 Å². The monoisotopic (exact) mass is 421 g/mol. The normalized spacial score (nSPS) is 19.1. The van der Waals surface area contributed by atoms with E-state index < -0.39 is 11.9 Å². The molecule has 8 nitrogen and oxygen atoms in total. The van der Waals surface area contributed by atoms with Crippen LogP contribution in [0.4, 0.5) is 10.2 Å². The first-order chi connectivity index (χ1) is 14.9. The fourth-order valence-corrected chi connectivity index (χ4v) is 3.37. The van der Waals surface area contributed by atoms with Crippen molar-refractivity contribution in [3.8, 4) is 11.8 Å². The Morgan fingerprint density at radius 3 is 2.94 bits per heavy atom. The molecule has 7 N–H and O–H groups in total. The van der Waals surface area contributed by atoms with Gasteiger partial charge >= 0.3 is 0 Å². The van der Waals surface area contributed by atoms with Gasteiger partial charge in [0, 0.05) is 54.8 Å². The lowest BCUT2D eigenvalue weighted by atomic mass is 9.94. The van der Waals surface area contributed by atoms with Crippen LogP contribution in [0.1, 0.15) is 29.7 Å². The number of rotatable bonds is 2. The number of benzene rings is 1. The van der Waals surface area contributed by atoms with Gasteiger partial charge in [-0.3, -0.25) is 5.41 Å². The minimum atomic E-state index is -0.619. The quantitative estimate of drug-likeness (QED) is 0.467. The summed E-state index contributed by atoms with van der Waals surface area (Å²) in [5.74, 6) is 0.00650. The summed E-state index contributed by atoms with van der Waals surface area (Å²) in [6.07, 6.45) is 2.58. The van der Waals surface area contributed by atoms with Crippen LogP contribution in [-0.2, 0) is 0 Å². The van der Waals surface area contributed by atoms with Gasteiger partial charge < -0.3 is 26.8 Å². The standard InChI is InChI=1S/C22H24FN7O/c1-12-18-6-16(23)3-4-17(18)20(26)15(9-28-2)11-29-21(14(7-24)8-25)13-5-19(31-12)22(27)30-10-13/h3-6,9-10,12,26,28-29H,7,11,24H2,1-2H3,(H2,27,30)/b15-9-,21-14+,26-20?. The predicted octanol–water partition coefficient (Wildman–Crippen LogP) is 2.21. The molecule has 160 valence electrons. The van der Waals surface area contributed by atoms with Crippen molar-refractivity contribution in [3.05, 3.63) is 70.3 Å². The van der Waals surface area contributed by atoms with E-state index in [0.29, 0.717) is 33.5 Å². The lowest BCUT2D eigenvalue weighted by Crippen LogP contribution is -2.25. The van der Waals surface area contributed by atoms with Crippen LogP contribution in [0.2, 0.25) is 0 Å². The van der Waals surface area contributed by atoms with Gasteiger partial charge in [0.15, 0.2) is 11.6 Å². The highest BCUT2D eigenvalue weighted by atomic mass is 19.1. The topological polar surface area (TPSA) is 146 Å². The van der Waals surface area contributed by atoms with Crippen molar-refractivity contribution in [3.63, 3.8) is 0 Å². The van der Waals surface area contributed by atoms with E-state index in [-0.39, 0.29) is 30.4 Å². The van der Waals surface area contributed by atoms with Gasteiger partial charge in [0.2, 0.25) is 0 Å². The van der Waals surface area contributed by atoms with Crippen molar-refractivity contribution in [1.82, 2.24) is 15.6 Å². The number of nitriles is 1. The molecule has 1 atom stereocenters. The first kappa shape index (κ1) is 21.8. The molecule has 9 heteroatoms. The summed E-state index contributed by atoms with van der Waals surface area (Å²) in [5.41, 5.74) is 15.0. The average molecular weight is 421 g/mol. The fourth-order valence-electron chi connectivity index (χ4n) is 3.37. The largest absolute Gasteiger partial charge is 0.482 e. The van der Waals surface area contributed by atoms with E-state index in [4.69, 9.17) is 21.6 Å². The molecule has 2 bridgehead atoms. The molecule has 1 aliphatic rings. The third kappa shape index (κ3) is 4.49. The van der Waals surface area contributed by atoms with Gasteiger partial charge in [-0.2, -0.15) is 5.26 Å². The Kier molecular flexibility index (Phi) is 6.52. The second-order valence-corrected chi connectivity index (χ2v) is 6.96. The van der Waals surface area contributed by atoms with E-state index in [1.54, 1.807) is 32.3 Å². The molecule has 1 aliphatic heterocycles. The number of nitrogen functional groups attached to an aromatic ring is 1. The molecular weight excluding hydrogens is 397 g/mol. The van der Waals surface area contributed by atoms with Crippen LogP contribution in [0.25, 0.3) is 5.70 Å². The van der Waals surface area contributed by atoms with Gasteiger partial charge in [-0.25, -0.2) is 9.37 Å². The molecular formula is C22H24FN7O. The van der Waals surface area contributed by atoms with Gasteiger partial charge in [0.05, 0.1) is 23.1 Å². The Morgan fingerprint density at radius 1 is 1.48 bits per heavy atom. The second kappa shape index (κ2) is 9.28. The van der Waals surface area contributed by atoms with Crippen LogP contribution < -0.4 is 26.8 Å². The third-order valence-electron chi connectivity index (χ3n) is 4.93. The first-order valence-corrected chi connectivity index (χ1v) is 9.64. The number of nitrogens with zero attached hydrogens (tertiary/aromatic N) is 2. The second-order valence-electron chi connectivity index (χ2n) is 6.96. The van der Waals surface area contributed by atoms with Crippen molar-refractivity contribution in [2.24, 2.45) is 5.73 Å². The molecule has 0 saturated heterocycles. The SMILES string of the molecule is CN/C=C1/CN/C(=C(/C#N)CN)c2cnc(N)c(c2)OC(C)c2cc(F)ccc2C1=N. The Bertz CT molecular complexity index is 1120. The molecule has 0 saturated carbocycles. The smallest absolute Gasteiger partial charge is 0.166 e. The number of nitrogens with two attached hydrogens (primary N) is 2. The summed E-state index contributed by atoms with van der Waals surface area (Å²) in [6, 6.07) is 7.99. The predicted molar refractivity (Wildman–Crippen MR) is 118 cm³/mol. The van der Waals surface area contributed by atoms with Gasteiger partial charge in [-0.05, 0) is 31.2 Å². The number of pyridine rings is 1. The molecule has 1 unspecified atom stereocenters. The minimum absolute atomic E-state index is 0.0143. The van der Waals surface area contributed by atoms with E-state index in [1.807, 2.05) is 0 Å². The van der Waals surface area contributed by atoms with E-state index in [1.165, 1.54) is 18.3 Å². The Labute approximate surface area is 179 Å². The molecule has 0 fully saturated rings. The van der Waals surface area contributed by atoms with Crippen molar-refractivity contribution in [2.45, 2.75) is 13.0 Å². The zero-order valence-electron chi connectivity index (χ0n) is 17.3. The van der Waals surface area contributed by atoms with Crippen LogP contribution in [0.15, 0.2) is 47.8 Å². The summed E-state index contributed by atoms with van der Waals surface area (Å²) in [6.45, 7) is 1.98. The molecule has 3 rings (SSSR count). The maximum atomic E-state index is 14.1. The number of fused-ring (bicyclic) bond motifs is 3. The third-order valence-corrected chi connectivity index (χ3v) is 4.93. The molecule has 1 aromatic heterocycles. The number of ether oxygens (including phenoxy) is 1.